The number of aromatic amines is 2. The Hall–Kier alpha value is -4.34. The lowest BCUT2D eigenvalue weighted by Gasteiger charge is -2.28. The van der Waals surface area contributed by atoms with Crippen molar-refractivity contribution in [3.05, 3.63) is 42.9 Å². The summed E-state index contributed by atoms with van der Waals surface area (Å²) < 4.78 is 0. The number of carbonyl (C=O) groups is 1. The van der Waals surface area contributed by atoms with Gasteiger partial charge in [-0.15, -0.1) is 0 Å². The van der Waals surface area contributed by atoms with Crippen LogP contribution in [0, 0.1) is 5.41 Å². The number of rotatable bonds is 4. The van der Waals surface area contributed by atoms with Crippen LogP contribution in [0.2, 0.25) is 0 Å². The molecular formula is C27H29N9O. The van der Waals surface area contributed by atoms with Gasteiger partial charge in [-0.2, -0.15) is 5.10 Å². The van der Waals surface area contributed by atoms with Gasteiger partial charge in [0.25, 0.3) is 0 Å². The van der Waals surface area contributed by atoms with Gasteiger partial charge in [-0.1, -0.05) is 20.8 Å². The van der Waals surface area contributed by atoms with E-state index in [0.29, 0.717) is 22.7 Å². The zero-order valence-electron chi connectivity index (χ0n) is 21.2. The van der Waals surface area contributed by atoms with Crippen LogP contribution in [0.25, 0.3) is 45.0 Å². The molecule has 10 heteroatoms. The van der Waals surface area contributed by atoms with Crippen molar-refractivity contribution in [3.8, 4) is 22.8 Å². The first-order valence-corrected chi connectivity index (χ1v) is 12.6. The molecule has 1 amide bonds. The number of fused-ring (bicyclic) bond motifs is 2. The minimum Gasteiger partial charge on any atom is -0.370 e. The van der Waals surface area contributed by atoms with Gasteiger partial charge in [0.1, 0.15) is 11.0 Å². The minimum atomic E-state index is -0.506. The smallest absolute Gasteiger partial charge is 0.229 e. The maximum absolute atomic E-state index is 12.4. The Morgan fingerprint density at radius 2 is 1.86 bits per heavy atom. The van der Waals surface area contributed by atoms with E-state index in [2.05, 4.69) is 35.4 Å². The maximum Gasteiger partial charge on any atom is 0.229 e. The molecule has 10 nitrogen and oxygen atoms in total. The summed E-state index contributed by atoms with van der Waals surface area (Å²) in [7, 11) is 0. The average molecular weight is 496 g/mol. The van der Waals surface area contributed by atoms with Gasteiger partial charge in [-0.25, -0.2) is 15.0 Å². The molecule has 3 N–H and O–H groups in total. The highest BCUT2D eigenvalue weighted by atomic mass is 16.2. The molecule has 0 spiro atoms. The predicted octanol–water partition coefficient (Wildman–Crippen LogP) is 4.93. The highest BCUT2D eigenvalue weighted by Gasteiger charge is 2.22. The van der Waals surface area contributed by atoms with Crippen LogP contribution in [0.5, 0.6) is 0 Å². The fourth-order valence-corrected chi connectivity index (χ4v) is 4.59. The highest BCUT2D eigenvalue weighted by molar-refractivity contribution is 5.95. The van der Waals surface area contributed by atoms with Crippen molar-refractivity contribution < 1.29 is 4.79 Å². The molecule has 0 saturated carbocycles. The van der Waals surface area contributed by atoms with Crippen molar-refractivity contribution in [3.63, 3.8) is 0 Å². The summed E-state index contributed by atoms with van der Waals surface area (Å²) in [6, 6.07) is 7.76. The normalized spacial score (nSPS) is 14.4. The Labute approximate surface area is 214 Å². The molecule has 5 aromatic heterocycles. The molecule has 0 aliphatic carbocycles. The fourth-order valence-electron chi connectivity index (χ4n) is 4.59. The van der Waals surface area contributed by atoms with E-state index in [4.69, 9.17) is 9.97 Å². The molecule has 37 heavy (non-hydrogen) atoms. The van der Waals surface area contributed by atoms with Crippen LogP contribution in [0.15, 0.2) is 42.9 Å². The first kappa shape index (κ1) is 23.1. The number of hydrogen-bond acceptors (Lipinski definition) is 7. The van der Waals surface area contributed by atoms with Gasteiger partial charge in [-0.05, 0) is 43.5 Å². The first-order valence-electron chi connectivity index (χ1n) is 12.6. The van der Waals surface area contributed by atoms with Crippen molar-refractivity contribution >= 4 is 39.5 Å². The van der Waals surface area contributed by atoms with Crippen LogP contribution in [0.4, 0.5) is 11.4 Å². The third kappa shape index (κ3) is 4.39. The van der Waals surface area contributed by atoms with Crippen LogP contribution in [-0.4, -0.2) is 54.1 Å². The molecule has 5 aromatic rings. The number of aromatic nitrogens is 7. The molecule has 0 aromatic carbocycles. The van der Waals surface area contributed by atoms with Crippen molar-refractivity contribution in [1.29, 1.82) is 0 Å². The molecule has 0 radical (unpaired) electrons. The number of H-pyrrole nitrogens is 2. The van der Waals surface area contributed by atoms with E-state index >= 15 is 0 Å². The zero-order chi connectivity index (χ0) is 25.6. The average Bonchev–Trinajstić information content (AvgIpc) is 3.52. The Morgan fingerprint density at radius 3 is 2.68 bits per heavy atom. The van der Waals surface area contributed by atoms with Crippen LogP contribution < -0.4 is 10.2 Å². The van der Waals surface area contributed by atoms with E-state index in [9.17, 15) is 4.79 Å². The number of piperidine rings is 1. The van der Waals surface area contributed by atoms with Gasteiger partial charge in [-0.3, -0.25) is 14.9 Å². The standard InChI is InChI=1S/C27H29N9O/c1-27(2,3)26(37)30-17-13-16(14-28-15-17)18-7-8-19-21(31-18)23(35-34-19)25-32-22-20(9-10-29-24(22)33-25)36-11-5-4-6-12-36/h7-10,13-15H,4-6,11-12H2,1-3H3,(H,30,37)(H,34,35)(H,29,32,33). The summed E-state index contributed by atoms with van der Waals surface area (Å²) in [5, 5.41) is 10.5. The molecule has 0 atom stereocenters. The van der Waals surface area contributed by atoms with E-state index in [1.165, 1.54) is 19.3 Å². The Morgan fingerprint density at radius 1 is 1.03 bits per heavy atom. The summed E-state index contributed by atoms with van der Waals surface area (Å²) in [6.45, 7) is 7.68. The van der Waals surface area contributed by atoms with Gasteiger partial charge in [0, 0.05) is 36.5 Å². The number of pyridine rings is 3. The SMILES string of the molecule is CC(C)(C)C(=O)Nc1cncc(-c2ccc3[nH]nc(-c4nc5c(N6CCCCC6)ccnc5[nH]4)c3n2)c1. The van der Waals surface area contributed by atoms with E-state index < -0.39 is 5.41 Å². The van der Waals surface area contributed by atoms with Crippen LogP contribution in [0.1, 0.15) is 40.0 Å². The quantitative estimate of drug-likeness (QED) is 0.322. The molecule has 6 rings (SSSR count). The molecule has 0 unspecified atom stereocenters. The third-order valence-electron chi connectivity index (χ3n) is 6.67. The fraction of sp³-hybridized carbons (Fsp3) is 0.333. The second-order valence-corrected chi connectivity index (χ2v) is 10.5. The largest absolute Gasteiger partial charge is 0.370 e. The highest BCUT2D eigenvalue weighted by Crippen LogP contribution is 2.31. The van der Waals surface area contributed by atoms with E-state index in [1.54, 1.807) is 12.4 Å². The number of carbonyl (C=O) groups excluding carboxylic acids is 1. The van der Waals surface area contributed by atoms with E-state index in [-0.39, 0.29) is 5.91 Å². The van der Waals surface area contributed by atoms with Crippen molar-refractivity contribution in [2.24, 2.45) is 5.41 Å². The van der Waals surface area contributed by atoms with Crippen LogP contribution >= 0.6 is 0 Å². The second-order valence-electron chi connectivity index (χ2n) is 10.5. The number of amides is 1. The predicted molar refractivity (Wildman–Crippen MR) is 144 cm³/mol. The second kappa shape index (κ2) is 8.95. The molecule has 1 aliphatic rings. The zero-order valence-corrected chi connectivity index (χ0v) is 21.2. The summed E-state index contributed by atoms with van der Waals surface area (Å²) in [6.07, 6.45) is 8.84. The first-order chi connectivity index (χ1) is 17.9. The molecule has 1 fully saturated rings. The molecule has 1 saturated heterocycles. The van der Waals surface area contributed by atoms with Gasteiger partial charge in [0.15, 0.2) is 17.2 Å². The topological polar surface area (TPSA) is 128 Å². The number of nitrogens with zero attached hydrogens (tertiary/aromatic N) is 6. The Kier molecular flexibility index (Phi) is 5.58. The monoisotopic (exact) mass is 495 g/mol. The van der Waals surface area contributed by atoms with Gasteiger partial charge in [0.2, 0.25) is 5.91 Å². The number of anilines is 2. The molecule has 0 bridgehead atoms. The molecule has 6 heterocycles. The lowest BCUT2D eigenvalue weighted by Crippen LogP contribution is -2.29. The van der Waals surface area contributed by atoms with Crippen molar-refractivity contribution in [1.82, 2.24) is 35.1 Å². The Balaban J connectivity index is 1.37. The van der Waals surface area contributed by atoms with E-state index in [0.717, 1.165) is 46.7 Å². The summed E-state index contributed by atoms with van der Waals surface area (Å²) >= 11 is 0. The van der Waals surface area contributed by atoms with Gasteiger partial charge in [0.05, 0.1) is 28.8 Å². The van der Waals surface area contributed by atoms with Gasteiger partial charge < -0.3 is 15.2 Å². The molecular weight excluding hydrogens is 466 g/mol. The lowest BCUT2D eigenvalue weighted by atomic mass is 9.95. The van der Waals surface area contributed by atoms with Gasteiger partial charge >= 0.3 is 0 Å². The lowest BCUT2D eigenvalue weighted by molar-refractivity contribution is -0.123. The van der Waals surface area contributed by atoms with Crippen LogP contribution in [0.3, 0.4) is 0 Å². The Bertz CT molecular complexity index is 1610. The molecule has 188 valence electrons. The van der Waals surface area contributed by atoms with Crippen molar-refractivity contribution in [2.45, 2.75) is 40.0 Å². The maximum atomic E-state index is 12.4. The van der Waals surface area contributed by atoms with Crippen molar-refractivity contribution in [2.75, 3.05) is 23.3 Å². The number of hydrogen-bond donors (Lipinski definition) is 3. The number of nitrogens with one attached hydrogen (secondary N) is 3. The van der Waals surface area contributed by atoms with Crippen LogP contribution in [-0.2, 0) is 4.79 Å². The third-order valence-corrected chi connectivity index (χ3v) is 6.67. The molecule has 1 aliphatic heterocycles. The number of imidazole rings is 1. The minimum absolute atomic E-state index is 0.0746. The summed E-state index contributed by atoms with van der Waals surface area (Å²) in [5.74, 6) is 0.543. The van der Waals surface area contributed by atoms with E-state index in [1.807, 2.05) is 51.2 Å². The summed E-state index contributed by atoms with van der Waals surface area (Å²) in [4.78, 5) is 36.8. The summed E-state index contributed by atoms with van der Waals surface area (Å²) in [5.41, 5.74) is 6.43.